The lowest BCUT2D eigenvalue weighted by molar-refractivity contribution is 0.0654. The Morgan fingerprint density at radius 2 is 2.10 bits per heavy atom. The minimum atomic E-state index is -0.0995. The zero-order valence-corrected chi connectivity index (χ0v) is 13.8. The van der Waals surface area contributed by atoms with Gasteiger partial charge in [-0.15, -0.1) is 12.4 Å². The Morgan fingerprint density at radius 1 is 1.45 bits per heavy atom. The molecule has 1 N–H and O–H groups in total. The number of hydrogen-bond donors (Lipinski definition) is 1. The number of amides is 1. The third-order valence-electron chi connectivity index (χ3n) is 3.64. The zero-order valence-electron chi connectivity index (χ0n) is 12.9. The second kappa shape index (κ2) is 6.14. The predicted octanol–water partition coefficient (Wildman–Crippen LogP) is 1.80. The number of nitrogens with one attached hydrogen (secondary N) is 1. The van der Waals surface area contributed by atoms with Crippen molar-refractivity contribution in [3.8, 4) is 0 Å². The van der Waals surface area contributed by atoms with Gasteiger partial charge in [0.25, 0.3) is 5.91 Å². The first-order chi connectivity index (χ1) is 8.82. The van der Waals surface area contributed by atoms with E-state index in [1.807, 2.05) is 16.5 Å². The van der Waals surface area contributed by atoms with Crippen LogP contribution in [0.4, 0.5) is 0 Å². The lowest BCUT2D eigenvalue weighted by Gasteiger charge is -2.34. The van der Waals surface area contributed by atoms with E-state index in [4.69, 9.17) is 0 Å². The van der Waals surface area contributed by atoms with Gasteiger partial charge in [-0.25, -0.2) is 0 Å². The molecule has 2 heterocycles. The number of rotatable bonds is 1. The van der Waals surface area contributed by atoms with Crippen molar-refractivity contribution in [1.29, 1.82) is 0 Å². The maximum Gasteiger partial charge on any atom is 0.257 e. The first-order valence-corrected chi connectivity index (χ1v) is 6.89. The fraction of sp³-hybridized carbons (Fsp3) is 0.714. The Hall–Kier alpha value is -1.07. The minimum absolute atomic E-state index is 0. The summed E-state index contributed by atoms with van der Waals surface area (Å²) in [6.45, 7) is 12.8. The van der Waals surface area contributed by atoms with Crippen LogP contribution in [0.3, 0.4) is 0 Å². The zero-order chi connectivity index (χ0) is 14.2. The molecule has 6 heteroatoms. The van der Waals surface area contributed by atoms with Gasteiger partial charge in [0.1, 0.15) is 0 Å². The molecular formula is C14H25ClN4O. The molecule has 0 unspecified atom stereocenters. The molecule has 0 bridgehead atoms. The standard InChI is InChI=1S/C14H24N4O.ClH/c1-10-8-15-6-7-17(10)13(19)12-9-16-18(11(12)2)14(3,4)5;/h9-10,15H,6-8H2,1-5H3;1H/t10-;/m0./s1. The topological polar surface area (TPSA) is 50.2 Å². The molecule has 0 saturated carbocycles. The molecule has 1 saturated heterocycles. The number of carbonyl (C=O) groups is 1. The molecule has 1 aromatic heterocycles. The summed E-state index contributed by atoms with van der Waals surface area (Å²) < 4.78 is 1.92. The smallest absolute Gasteiger partial charge is 0.257 e. The molecule has 0 aliphatic carbocycles. The van der Waals surface area contributed by atoms with Crippen molar-refractivity contribution in [3.63, 3.8) is 0 Å². The second-order valence-corrected chi connectivity index (χ2v) is 6.28. The van der Waals surface area contributed by atoms with Crippen molar-refractivity contribution in [2.24, 2.45) is 0 Å². The quantitative estimate of drug-likeness (QED) is 0.860. The summed E-state index contributed by atoms with van der Waals surface area (Å²) in [4.78, 5) is 14.6. The van der Waals surface area contributed by atoms with Crippen molar-refractivity contribution in [1.82, 2.24) is 20.0 Å². The van der Waals surface area contributed by atoms with Crippen molar-refractivity contribution in [3.05, 3.63) is 17.5 Å². The third-order valence-corrected chi connectivity index (χ3v) is 3.64. The first kappa shape index (κ1) is 17.0. The van der Waals surface area contributed by atoms with Crippen molar-refractivity contribution in [2.75, 3.05) is 19.6 Å². The van der Waals surface area contributed by atoms with E-state index in [1.165, 1.54) is 0 Å². The van der Waals surface area contributed by atoms with Crippen LogP contribution in [0.1, 0.15) is 43.7 Å². The van der Waals surface area contributed by atoms with Crippen LogP contribution >= 0.6 is 12.4 Å². The van der Waals surface area contributed by atoms with Gasteiger partial charge >= 0.3 is 0 Å². The highest BCUT2D eigenvalue weighted by molar-refractivity contribution is 5.95. The second-order valence-electron chi connectivity index (χ2n) is 6.28. The Labute approximate surface area is 127 Å². The molecule has 5 nitrogen and oxygen atoms in total. The molecular weight excluding hydrogens is 276 g/mol. The molecule has 1 fully saturated rings. The molecule has 1 aromatic rings. The lowest BCUT2D eigenvalue weighted by Crippen LogP contribution is -2.52. The Bertz CT molecular complexity index is 478. The van der Waals surface area contributed by atoms with Crippen molar-refractivity contribution < 1.29 is 4.79 Å². The summed E-state index contributed by atoms with van der Waals surface area (Å²) in [6.07, 6.45) is 1.71. The molecule has 0 spiro atoms. The molecule has 0 radical (unpaired) electrons. The predicted molar refractivity (Wildman–Crippen MR) is 82.6 cm³/mol. The average Bonchev–Trinajstić information content (AvgIpc) is 2.70. The monoisotopic (exact) mass is 300 g/mol. The van der Waals surface area contributed by atoms with Gasteiger partial charge in [-0.2, -0.15) is 5.10 Å². The van der Waals surface area contributed by atoms with Gasteiger partial charge in [0, 0.05) is 31.4 Å². The number of piperazine rings is 1. The maximum absolute atomic E-state index is 12.6. The Balaban J connectivity index is 0.00000200. The number of aromatic nitrogens is 2. The van der Waals surface area contributed by atoms with E-state index in [1.54, 1.807) is 6.20 Å². The fourth-order valence-electron chi connectivity index (χ4n) is 2.59. The summed E-state index contributed by atoms with van der Waals surface area (Å²) >= 11 is 0. The largest absolute Gasteiger partial charge is 0.333 e. The molecule has 0 aromatic carbocycles. The van der Waals surface area contributed by atoms with Crippen LogP contribution < -0.4 is 5.32 Å². The molecule has 1 atom stereocenters. The van der Waals surface area contributed by atoms with Crippen molar-refractivity contribution in [2.45, 2.75) is 46.2 Å². The van der Waals surface area contributed by atoms with Gasteiger partial charge in [-0.1, -0.05) is 0 Å². The van der Waals surface area contributed by atoms with E-state index in [2.05, 4.69) is 38.1 Å². The molecule has 1 aliphatic rings. The van der Waals surface area contributed by atoms with Crippen LogP contribution in [0.5, 0.6) is 0 Å². The molecule has 2 rings (SSSR count). The highest BCUT2D eigenvalue weighted by atomic mass is 35.5. The molecule has 1 aliphatic heterocycles. The van der Waals surface area contributed by atoms with Gasteiger partial charge in [-0.05, 0) is 34.6 Å². The molecule has 20 heavy (non-hydrogen) atoms. The molecule has 1 amide bonds. The summed E-state index contributed by atoms with van der Waals surface area (Å²) in [7, 11) is 0. The maximum atomic E-state index is 12.6. The fourth-order valence-corrected chi connectivity index (χ4v) is 2.59. The van der Waals surface area contributed by atoms with E-state index >= 15 is 0 Å². The molecule has 114 valence electrons. The van der Waals surface area contributed by atoms with E-state index in [0.717, 1.165) is 30.9 Å². The van der Waals surface area contributed by atoms with Crippen LogP contribution in [0, 0.1) is 6.92 Å². The minimum Gasteiger partial charge on any atom is -0.333 e. The van der Waals surface area contributed by atoms with E-state index in [0.29, 0.717) is 0 Å². The summed E-state index contributed by atoms with van der Waals surface area (Å²) in [6, 6.07) is 0.235. The number of hydrogen-bond acceptors (Lipinski definition) is 3. The Kier molecular flexibility index (Phi) is 5.21. The van der Waals surface area contributed by atoms with Gasteiger partial charge in [-0.3, -0.25) is 9.48 Å². The first-order valence-electron chi connectivity index (χ1n) is 6.89. The van der Waals surface area contributed by atoms with Gasteiger partial charge in [0.15, 0.2) is 0 Å². The van der Waals surface area contributed by atoms with E-state index in [9.17, 15) is 4.79 Å². The Morgan fingerprint density at radius 3 is 2.60 bits per heavy atom. The average molecular weight is 301 g/mol. The normalized spacial score (nSPS) is 19.6. The number of halogens is 1. The van der Waals surface area contributed by atoms with E-state index < -0.39 is 0 Å². The highest BCUT2D eigenvalue weighted by Gasteiger charge is 2.28. The van der Waals surface area contributed by atoms with Crippen LogP contribution in [0.15, 0.2) is 6.20 Å². The van der Waals surface area contributed by atoms with Gasteiger partial charge in [0.2, 0.25) is 0 Å². The summed E-state index contributed by atoms with van der Waals surface area (Å²) in [5.74, 6) is 0.0991. The van der Waals surface area contributed by atoms with Crippen LogP contribution in [-0.4, -0.2) is 46.3 Å². The lowest BCUT2D eigenvalue weighted by atomic mass is 10.1. The summed E-state index contributed by atoms with van der Waals surface area (Å²) in [5.41, 5.74) is 1.57. The van der Waals surface area contributed by atoms with Crippen LogP contribution in [0.25, 0.3) is 0 Å². The SMILES string of the molecule is Cc1c(C(=O)N2CCNC[C@@H]2C)cnn1C(C)(C)C.Cl. The summed E-state index contributed by atoms with van der Waals surface area (Å²) in [5, 5.41) is 7.68. The van der Waals surface area contributed by atoms with Crippen molar-refractivity contribution >= 4 is 18.3 Å². The van der Waals surface area contributed by atoms with Crippen LogP contribution in [0.2, 0.25) is 0 Å². The van der Waals surface area contributed by atoms with Gasteiger partial charge in [0.05, 0.1) is 17.3 Å². The van der Waals surface area contributed by atoms with E-state index in [-0.39, 0.29) is 29.9 Å². The number of nitrogens with zero attached hydrogens (tertiary/aromatic N) is 3. The van der Waals surface area contributed by atoms with Crippen LogP contribution in [-0.2, 0) is 5.54 Å². The number of carbonyl (C=O) groups excluding carboxylic acids is 1. The highest BCUT2D eigenvalue weighted by Crippen LogP contribution is 2.20. The van der Waals surface area contributed by atoms with Gasteiger partial charge < -0.3 is 10.2 Å². The third kappa shape index (κ3) is 3.15.